The molecule has 1 aliphatic rings. The third kappa shape index (κ3) is 1.74. The summed E-state index contributed by atoms with van der Waals surface area (Å²) < 4.78 is 1.94. The van der Waals surface area contributed by atoms with Crippen molar-refractivity contribution in [2.75, 3.05) is 0 Å². The van der Waals surface area contributed by atoms with Crippen molar-refractivity contribution >= 4 is 28.5 Å². The van der Waals surface area contributed by atoms with Crippen LogP contribution in [0.25, 0.3) is 16.7 Å². The van der Waals surface area contributed by atoms with Gasteiger partial charge in [-0.05, 0) is 30.7 Å². The monoisotopic (exact) mass is 298 g/mol. The first kappa shape index (κ1) is 12.3. The molecule has 104 valence electrons. The van der Waals surface area contributed by atoms with Crippen molar-refractivity contribution in [2.45, 2.75) is 13.0 Å². The van der Waals surface area contributed by atoms with E-state index in [2.05, 4.69) is 15.3 Å². The van der Waals surface area contributed by atoms with Crippen molar-refractivity contribution in [3.63, 3.8) is 0 Å². The van der Waals surface area contributed by atoms with Gasteiger partial charge in [0.05, 0.1) is 16.6 Å². The van der Waals surface area contributed by atoms with Crippen molar-refractivity contribution in [3.8, 4) is 5.69 Å². The van der Waals surface area contributed by atoms with Crippen molar-refractivity contribution in [2.24, 2.45) is 0 Å². The molecule has 1 atom stereocenters. The average molecular weight is 299 g/mol. The molecule has 0 radical (unpaired) electrons. The number of halogens is 1. The molecule has 1 amide bonds. The number of nitrogens with zero attached hydrogens (tertiary/aromatic N) is 3. The fraction of sp³-hybridized carbons (Fsp3) is 0.133. The lowest BCUT2D eigenvalue weighted by molar-refractivity contribution is 0.0958. The SMILES string of the molecule is CC1NC(=O)c2c(Cl)cc(-n3ccc4cncnc43)cc21. The number of carbonyl (C=O) groups excluding carboxylic acids is 1. The molecule has 0 spiro atoms. The molecular formula is C15H11ClN4O. The van der Waals surface area contributed by atoms with Crippen molar-refractivity contribution in [1.29, 1.82) is 0 Å². The largest absolute Gasteiger partial charge is 0.345 e. The highest BCUT2D eigenvalue weighted by Crippen LogP contribution is 2.33. The smallest absolute Gasteiger partial charge is 0.253 e. The summed E-state index contributed by atoms with van der Waals surface area (Å²) in [4.78, 5) is 20.2. The quantitative estimate of drug-likeness (QED) is 0.751. The number of hydrogen-bond acceptors (Lipinski definition) is 3. The van der Waals surface area contributed by atoms with Gasteiger partial charge in [-0.25, -0.2) is 9.97 Å². The predicted octanol–water partition coefficient (Wildman–Crippen LogP) is 2.88. The van der Waals surface area contributed by atoms with E-state index >= 15 is 0 Å². The first-order chi connectivity index (χ1) is 10.1. The van der Waals surface area contributed by atoms with Crippen LogP contribution in [0.4, 0.5) is 0 Å². The first-order valence-electron chi connectivity index (χ1n) is 6.57. The minimum absolute atomic E-state index is 0.0404. The molecule has 3 heterocycles. The van der Waals surface area contributed by atoms with E-state index in [1.54, 1.807) is 12.3 Å². The lowest BCUT2D eigenvalue weighted by Crippen LogP contribution is -2.16. The summed E-state index contributed by atoms with van der Waals surface area (Å²) in [6.07, 6.45) is 5.20. The van der Waals surface area contributed by atoms with Gasteiger partial charge in [0.2, 0.25) is 0 Å². The number of amides is 1. The van der Waals surface area contributed by atoms with Crippen LogP contribution >= 0.6 is 11.6 Å². The number of aromatic nitrogens is 3. The van der Waals surface area contributed by atoms with E-state index in [4.69, 9.17) is 11.6 Å². The van der Waals surface area contributed by atoms with Crippen molar-refractivity contribution in [1.82, 2.24) is 19.9 Å². The molecule has 3 aromatic rings. The molecule has 1 aliphatic heterocycles. The number of rotatable bonds is 1. The Morgan fingerprint density at radius 2 is 2.24 bits per heavy atom. The highest BCUT2D eigenvalue weighted by molar-refractivity contribution is 6.34. The Morgan fingerprint density at radius 3 is 3.10 bits per heavy atom. The van der Waals surface area contributed by atoms with Crippen LogP contribution in [0.1, 0.15) is 28.9 Å². The Bertz CT molecular complexity index is 887. The van der Waals surface area contributed by atoms with Gasteiger partial charge in [-0.1, -0.05) is 11.6 Å². The van der Waals surface area contributed by atoms with Crippen LogP contribution in [-0.2, 0) is 0 Å². The number of carbonyl (C=O) groups is 1. The minimum atomic E-state index is -0.117. The van der Waals surface area contributed by atoms with Gasteiger partial charge >= 0.3 is 0 Å². The molecule has 0 fully saturated rings. The third-order valence-corrected chi connectivity index (χ3v) is 4.07. The zero-order chi connectivity index (χ0) is 14.6. The van der Waals surface area contributed by atoms with Crippen molar-refractivity contribution in [3.05, 3.63) is 53.1 Å². The summed E-state index contributed by atoms with van der Waals surface area (Å²) in [5.74, 6) is -0.117. The maximum Gasteiger partial charge on any atom is 0.253 e. The van der Waals surface area contributed by atoms with Gasteiger partial charge in [-0.2, -0.15) is 0 Å². The van der Waals surface area contributed by atoms with E-state index in [-0.39, 0.29) is 11.9 Å². The Kier molecular flexibility index (Phi) is 2.53. The molecule has 0 bridgehead atoms. The second kappa shape index (κ2) is 4.30. The zero-order valence-electron chi connectivity index (χ0n) is 11.2. The van der Waals surface area contributed by atoms with E-state index in [1.807, 2.05) is 29.8 Å². The van der Waals surface area contributed by atoms with Crippen LogP contribution in [-0.4, -0.2) is 20.4 Å². The van der Waals surface area contributed by atoms with Crippen LogP contribution in [0.3, 0.4) is 0 Å². The fourth-order valence-corrected chi connectivity index (χ4v) is 3.07. The summed E-state index contributed by atoms with van der Waals surface area (Å²) in [6.45, 7) is 1.94. The lowest BCUT2D eigenvalue weighted by Gasteiger charge is -2.10. The molecule has 5 nitrogen and oxygen atoms in total. The van der Waals surface area contributed by atoms with Crippen molar-refractivity contribution < 1.29 is 4.79 Å². The molecule has 2 aromatic heterocycles. The first-order valence-corrected chi connectivity index (χ1v) is 6.94. The van der Waals surface area contributed by atoms with Gasteiger partial charge in [0.1, 0.15) is 12.0 Å². The van der Waals surface area contributed by atoms with Gasteiger partial charge in [-0.15, -0.1) is 0 Å². The summed E-state index contributed by atoms with van der Waals surface area (Å²) >= 11 is 6.30. The second-order valence-corrected chi connectivity index (χ2v) is 5.48. The summed E-state index contributed by atoms with van der Waals surface area (Å²) in [5.41, 5.74) is 3.18. The highest BCUT2D eigenvalue weighted by Gasteiger charge is 2.28. The van der Waals surface area contributed by atoms with Gasteiger partial charge in [0.15, 0.2) is 0 Å². The van der Waals surface area contributed by atoms with Gasteiger partial charge in [0, 0.05) is 23.5 Å². The Balaban J connectivity index is 1.97. The molecule has 0 saturated heterocycles. The second-order valence-electron chi connectivity index (χ2n) is 5.07. The summed E-state index contributed by atoms with van der Waals surface area (Å²) in [7, 11) is 0. The number of hydrogen-bond donors (Lipinski definition) is 1. The van der Waals surface area contributed by atoms with E-state index < -0.39 is 0 Å². The molecule has 21 heavy (non-hydrogen) atoms. The Hall–Kier alpha value is -2.40. The zero-order valence-corrected chi connectivity index (χ0v) is 11.9. The maximum absolute atomic E-state index is 11.9. The molecule has 1 N–H and O–H groups in total. The molecular weight excluding hydrogens is 288 g/mol. The normalized spacial score (nSPS) is 17.0. The topological polar surface area (TPSA) is 59.8 Å². The Morgan fingerprint density at radius 1 is 1.38 bits per heavy atom. The van der Waals surface area contributed by atoms with Gasteiger partial charge in [0.25, 0.3) is 5.91 Å². The maximum atomic E-state index is 11.9. The van der Waals surface area contributed by atoms with Crippen LogP contribution < -0.4 is 5.32 Å². The van der Waals surface area contributed by atoms with E-state index in [0.717, 1.165) is 22.3 Å². The molecule has 0 saturated carbocycles. The molecule has 6 heteroatoms. The van der Waals surface area contributed by atoms with E-state index in [9.17, 15) is 4.79 Å². The van der Waals surface area contributed by atoms with Crippen LogP contribution in [0.2, 0.25) is 5.02 Å². The fourth-order valence-electron chi connectivity index (χ4n) is 2.77. The van der Waals surface area contributed by atoms with Gasteiger partial charge in [-0.3, -0.25) is 4.79 Å². The standard InChI is InChI=1S/C15H11ClN4O/c1-8-11-4-10(5-12(16)13(11)15(21)19-8)20-3-2-9-6-17-7-18-14(9)20/h2-8H,1H3,(H,19,21). The average Bonchev–Trinajstić information content (AvgIpc) is 3.01. The Labute approximate surface area is 125 Å². The highest BCUT2D eigenvalue weighted by atomic mass is 35.5. The number of benzene rings is 1. The number of nitrogens with one attached hydrogen (secondary N) is 1. The summed E-state index contributed by atoms with van der Waals surface area (Å²) in [5, 5.41) is 4.29. The minimum Gasteiger partial charge on any atom is -0.345 e. The van der Waals surface area contributed by atoms with Gasteiger partial charge < -0.3 is 9.88 Å². The molecule has 1 aromatic carbocycles. The summed E-state index contributed by atoms with van der Waals surface area (Å²) in [6, 6.07) is 5.68. The molecule has 4 rings (SSSR count). The number of fused-ring (bicyclic) bond motifs is 2. The molecule has 1 unspecified atom stereocenters. The van der Waals surface area contributed by atoms with Crippen LogP contribution in [0.5, 0.6) is 0 Å². The predicted molar refractivity (Wildman–Crippen MR) is 79.8 cm³/mol. The van der Waals surface area contributed by atoms with Crippen LogP contribution in [0, 0.1) is 0 Å². The van der Waals surface area contributed by atoms with E-state index in [1.165, 1.54) is 6.33 Å². The molecule has 0 aliphatic carbocycles. The van der Waals surface area contributed by atoms with Crippen LogP contribution in [0.15, 0.2) is 36.9 Å². The third-order valence-electron chi connectivity index (χ3n) is 3.77. The van der Waals surface area contributed by atoms with E-state index in [0.29, 0.717) is 10.6 Å². The lowest BCUT2D eigenvalue weighted by atomic mass is 10.0.